The molecule has 1 aliphatic heterocycles. The minimum absolute atomic E-state index is 0.0855. The van der Waals surface area contributed by atoms with Crippen LogP contribution in [-0.4, -0.2) is 49.8 Å². The number of rotatable bonds is 8. The van der Waals surface area contributed by atoms with Crippen molar-refractivity contribution >= 4 is 5.91 Å². The van der Waals surface area contributed by atoms with Gasteiger partial charge in [0.1, 0.15) is 5.75 Å². The summed E-state index contributed by atoms with van der Waals surface area (Å²) in [6.45, 7) is 2.64. The molecule has 1 aromatic rings. The Morgan fingerprint density at radius 2 is 2.17 bits per heavy atom. The lowest BCUT2D eigenvalue weighted by molar-refractivity contribution is -0.123. The molecule has 2 fully saturated rings. The summed E-state index contributed by atoms with van der Waals surface area (Å²) in [5, 5.41) is 3.02. The van der Waals surface area contributed by atoms with Gasteiger partial charge < -0.3 is 14.8 Å². The molecule has 1 aromatic carbocycles. The predicted octanol–water partition coefficient (Wildman–Crippen LogP) is 1.95. The van der Waals surface area contributed by atoms with Crippen molar-refractivity contribution in [2.45, 2.75) is 44.4 Å². The number of methoxy groups -OCH3 is 1. The predicted molar refractivity (Wildman–Crippen MR) is 88.4 cm³/mol. The first-order chi connectivity index (χ1) is 11.3. The van der Waals surface area contributed by atoms with Crippen molar-refractivity contribution in [2.75, 3.05) is 26.8 Å². The molecule has 1 heterocycles. The lowest BCUT2D eigenvalue weighted by Gasteiger charge is -2.23. The van der Waals surface area contributed by atoms with E-state index in [9.17, 15) is 4.79 Å². The third-order valence-corrected chi connectivity index (χ3v) is 4.53. The van der Waals surface area contributed by atoms with Gasteiger partial charge in [0.05, 0.1) is 19.8 Å². The standard InChI is InChI=1S/C18H26N2O3/c1-22-17-7-3-2-5-14(17)12-20(15-8-9-15)13-18(21)19-11-16-6-4-10-23-16/h2-3,5,7,15-16H,4,6,8-13H2,1H3,(H,19,21). The fourth-order valence-corrected chi connectivity index (χ4v) is 3.08. The molecule has 1 N–H and O–H groups in total. The summed E-state index contributed by atoms with van der Waals surface area (Å²) >= 11 is 0. The normalized spacial score (nSPS) is 20.7. The highest BCUT2D eigenvalue weighted by Gasteiger charge is 2.31. The molecule has 0 spiro atoms. The van der Waals surface area contributed by atoms with E-state index in [2.05, 4.69) is 16.3 Å². The van der Waals surface area contributed by atoms with Crippen molar-refractivity contribution in [1.82, 2.24) is 10.2 Å². The van der Waals surface area contributed by atoms with Crippen LogP contribution in [0.2, 0.25) is 0 Å². The molecule has 5 nitrogen and oxygen atoms in total. The van der Waals surface area contributed by atoms with Crippen LogP contribution in [0.5, 0.6) is 5.75 Å². The quantitative estimate of drug-likeness (QED) is 0.796. The number of nitrogens with one attached hydrogen (secondary N) is 1. The minimum atomic E-state index is 0.0855. The number of carbonyl (C=O) groups excluding carboxylic acids is 1. The largest absolute Gasteiger partial charge is 0.496 e. The summed E-state index contributed by atoms with van der Waals surface area (Å²) in [6.07, 6.45) is 4.70. The average molecular weight is 318 g/mol. The number of amides is 1. The first kappa shape index (κ1) is 16.3. The van der Waals surface area contributed by atoms with Gasteiger partial charge in [0.2, 0.25) is 5.91 Å². The molecule has 23 heavy (non-hydrogen) atoms. The maximum Gasteiger partial charge on any atom is 0.234 e. The molecular formula is C18H26N2O3. The fraction of sp³-hybridized carbons (Fsp3) is 0.611. The van der Waals surface area contributed by atoms with Crippen LogP contribution in [0, 0.1) is 0 Å². The van der Waals surface area contributed by atoms with Gasteiger partial charge in [0.25, 0.3) is 0 Å². The highest BCUT2D eigenvalue weighted by molar-refractivity contribution is 5.78. The van der Waals surface area contributed by atoms with Crippen molar-refractivity contribution in [1.29, 1.82) is 0 Å². The van der Waals surface area contributed by atoms with Crippen LogP contribution in [0.15, 0.2) is 24.3 Å². The van der Waals surface area contributed by atoms with Gasteiger partial charge in [-0.1, -0.05) is 18.2 Å². The van der Waals surface area contributed by atoms with Gasteiger partial charge in [-0.05, 0) is 31.7 Å². The van der Waals surface area contributed by atoms with Gasteiger partial charge in [-0.15, -0.1) is 0 Å². The van der Waals surface area contributed by atoms with E-state index >= 15 is 0 Å². The summed E-state index contributed by atoms with van der Waals surface area (Å²) in [5.74, 6) is 0.972. The fourth-order valence-electron chi connectivity index (χ4n) is 3.08. The Bertz CT molecular complexity index is 525. The van der Waals surface area contributed by atoms with Crippen LogP contribution in [0.3, 0.4) is 0 Å². The van der Waals surface area contributed by atoms with Gasteiger partial charge >= 0.3 is 0 Å². The van der Waals surface area contributed by atoms with E-state index in [1.807, 2.05) is 18.2 Å². The number of hydrogen-bond donors (Lipinski definition) is 1. The average Bonchev–Trinajstić information content (AvgIpc) is 3.29. The number of ether oxygens (including phenoxy) is 2. The van der Waals surface area contributed by atoms with Crippen molar-refractivity contribution in [2.24, 2.45) is 0 Å². The lowest BCUT2D eigenvalue weighted by atomic mass is 10.2. The summed E-state index contributed by atoms with van der Waals surface area (Å²) in [7, 11) is 1.69. The maximum atomic E-state index is 12.2. The number of nitrogens with zero attached hydrogens (tertiary/aromatic N) is 1. The Hall–Kier alpha value is -1.59. The van der Waals surface area contributed by atoms with Crippen molar-refractivity contribution in [3.63, 3.8) is 0 Å². The molecule has 126 valence electrons. The van der Waals surface area contributed by atoms with Crippen molar-refractivity contribution in [3.8, 4) is 5.75 Å². The summed E-state index contributed by atoms with van der Waals surface area (Å²) < 4.78 is 11.0. The molecule has 2 aliphatic rings. The summed E-state index contributed by atoms with van der Waals surface area (Å²) in [4.78, 5) is 14.5. The van der Waals surface area contributed by atoms with Gasteiger partial charge in [0.15, 0.2) is 0 Å². The Morgan fingerprint density at radius 1 is 1.35 bits per heavy atom. The molecule has 5 heteroatoms. The molecule has 1 aliphatic carbocycles. The van der Waals surface area contributed by atoms with Crippen molar-refractivity contribution in [3.05, 3.63) is 29.8 Å². The van der Waals surface area contributed by atoms with E-state index in [0.29, 0.717) is 19.1 Å². The molecule has 0 radical (unpaired) electrons. The van der Waals surface area contributed by atoms with E-state index in [1.54, 1.807) is 7.11 Å². The summed E-state index contributed by atoms with van der Waals surface area (Å²) in [5.41, 5.74) is 1.13. The molecule has 1 saturated heterocycles. The van der Waals surface area contributed by atoms with Crippen LogP contribution in [0.25, 0.3) is 0 Å². The van der Waals surface area contributed by atoms with Gasteiger partial charge in [-0.3, -0.25) is 9.69 Å². The number of para-hydroxylation sites is 1. The van der Waals surface area contributed by atoms with Crippen LogP contribution in [0.4, 0.5) is 0 Å². The van der Waals surface area contributed by atoms with Crippen LogP contribution in [-0.2, 0) is 16.1 Å². The molecule has 1 saturated carbocycles. The smallest absolute Gasteiger partial charge is 0.234 e. The van der Waals surface area contributed by atoms with E-state index < -0.39 is 0 Å². The molecule has 1 unspecified atom stereocenters. The maximum absolute atomic E-state index is 12.2. The lowest BCUT2D eigenvalue weighted by Crippen LogP contribution is -2.40. The Labute approximate surface area is 137 Å². The highest BCUT2D eigenvalue weighted by atomic mass is 16.5. The molecule has 0 aromatic heterocycles. The SMILES string of the molecule is COc1ccccc1CN(CC(=O)NCC1CCCO1)C1CC1. The molecule has 1 atom stereocenters. The third kappa shape index (κ3) is 4.69. The minimum Gasteiger partial charge on any atom is -0.496 e. The second-order valence-corrected chi connectivity index (χ2v) is 6.39. The van der Waals surface area contributed by atoms with Crippen LogP contribution < -0.4 is 10.1 Å². The van der Waals surface area contributed by atoms with Gasteiger partial charge in [-0.25, -0.2) is 0 Å². The van der Waals surface area contributed by atoms with E-state index in [4.69, 9.17) is 9.47 Å². The molecule has 1 amide bonds. The molecule has 3 rings (SSSR count). The van der Waals surface area contributed by atoms with E-state index in [0.717, 1.165) is 37.3 Å². The number of hydrogen-bond acceptors (Lipinski definition) is 4. The van der Waals surface area contributed by atoms with Crippen LogP contribution >= 0.6 is 0 Å². The van der Waals surface area contributed by atoms with Crippen molar-refractivity contribution < 1.29 is 14.3 Å². The van der Waals surface area contributed by atoms with Crippen LogP contribution in [0.1, 0.15) is 31.2 Å². The van der Waals surface area contributed by atoms with Gasteiger partial charge in [0, 0.05) is 31.3 Å². The molecule has 0 bridgehead atoms. The zero-order valence-corrected chi connectivity index (χ0v) is 13.8. The number of carbonyl (C=O) groups is 1. The molecular weight excluding hydrogens is 292 g/mol. The third-order valence-electron chi connectivity index (χ3n) is 4.53. The highest BCUT2D eigenvalue weighted by Crippen LogP contribution is 2.30. The first-order valence-electron chi connectivity index (χ1n) is 8.50. The zero-order chi connectivity index (χ0) is 16.1. The van der Waals surface area contributed by atoms with E-state index in [1.165, 1.54) is 12.8 Å². The Balaban J connectivity index is 1.53. The Kier molecular flexibility index (Phi) is 5.51. The monoisotopic (exact) mass is 318 g/mol. The second kappa shape index (κ2) is 7.79. The number of benzene rings is 1. The van der Waals surface area contributed by atoms with Gasteiger partial charge in [-0.2, -0.15) is 0 Å². The Morgan fingerprint density at radius 3 is 2.87 bits per heavy atom. The topological polar surface area (TPSA) is 50.8 Å². The zero-order valence-electron chi connectivity index (χ0n) is 13.8. The summed E-state index contributed by atoms with van der Waals surface area (Å²) in [6, 6.07) is 8.54. The van der Waals surface area contributed by atoms with E-state index in [-0.39, 0.29) is 12.0 Å². The second-order valence-electron chi connectivity index (χ2n) is 6.39. The first-order valence-corrected chi connectivity index (χ1v) is 8.50.